The number of carboxylic acids is 1. The van der Waals surface area contributed by atoms with E-state index in [0.29, 0.717) is 19.3 Å². The van der Waals surface area contributed by atoms with Crippen LogP contribution >= 0.6 is 0 Å². The lowest BCUT2D eigenvalue weighted by Gasteiger charge is -1.91. The second-order valence-corrected chi connectivity index (χ2v) is 3.46. The van der Waals surface area contributed by atoms with Crippen LogP contribution in [0.1, 0.15) is 62.3 Å². The van der Waals surface area contributed by atoms with Gasteiger partial charge in [0.2, 0.25) is 0 Å². The summed E-state index contributed by atoms with van der Waals surface area (Å²) in [7, 11) is 0. The summed E-state index contributed by atoms with van der Waals surface area (Å²) in [5.41, 5.74) is 0. The van der Waals surface area contributed by atoms with E-state index in [1.807, 2.05) is 18.2 Å². The van der Waals surface area contributed by atoms with Crippen molar-refractivity contribution >= 4 is 5.97 Å². The van der Waals surface area contributed by atoms with Gasteiger partial charge in [0.25, 0.3) is 0 Å². The molecule has 0 rings (SSSR count). The van der Waals surface area contributed by atoms with Crippen LogP contribution in [0.2, 0.25) is 0 Å². The molecule has 0 amide bonds. The first-order valence-electron chi connectivity index (χ1n) is 7.41. The van der Waals surface area contributed by atoms with E-state index in [-0.39, 0.29) is 12.8 Å². The molecule has 16 heavy (non-hydrogen) atoms. The predicted molar refractivity (Wildman–Crippen MR) is 68.5 cm³/mol. The third-order valence-electron chi connectivity index (χ3n) is 1.98. The van der Waals surface area contributed by atoms with Gasteiger partial charge in [-0.25, -0.2) is 0 Å². The number of aliphatic carboxylic acids is 1. The molecule has 0 saturated carbocycles. The van der Waals surface area contributed by atoms with Gasteiger partial charge in [0, 0.05) is 10.5 Å². The maximum Gasteiger partial charge on any atom is 0.303 e. The van der Waals surface area contributed by atoms with Crippen LogP contribution < -0.4 is 0 Å². The van der Waals surface area contributed by atoms with E-state index in [1.165, 1.54) is 0 Å². The highest BCUT2D eigenvalue weighted by Gasteiger charge is 1.92. The normalized spacial score (nSPS) is 17.2. The summed E-state index contributed by atoms with van der Waals surface area (Å²) in [5, 5.41) is 8.44. The number of carbonyl (C=O) groups is 1. The highest BCUT2D eigenvalue weighted by Crippen LogP contribution is 2.01. The molecule has 1 unspecified atom stereocenters. The van der Waals surface area contributed by atoms with Crippen molar-refractivity contribution in [3.8, 4) is 0 Å². The SMILES string of the molecule is [2H]C(/C=C\C/C=C\CCCC(=O)O)CC([2H])([2H])CC. The van der Waals surface area contributed by atoms with Crippen molar-refractivity contribution in [1.82, 2.24) is 0 Å². The Hall–Kier alpha value is -1.05. The Bertz CT molecular complexity index is 312. The van der Waals surface area contributed by atoms with Gasteiger partial charge in [-0.2, -0.15) is 0 Å². The van der Waals surface area contributed by atoms with Crippen LogP contribution in [-0.2, 0) is 4.79 Å². The Morgan fingerprint density at radius 2 is 2.00 bits per heavy atom. The quantitative estimate of drug-likeness (QED) is 0.445. The third kappa shape index (κ3) is 12.9. The number of hydrogen-bond donors (Lipinski definition) is 1. The highest BCUT2D eigenvalue weighted by atomic mass is 16.4. The van der Waals surface area contributed by atoms with Crippen LogP contribution in [0.4, 0.5) is 0 Å². The fraction of sp³-hybridized carbons (Fsp3) is 0.643. The average molecular weight is 227 g/mol. The summed E-state index contributed by atoms with van der Waals surface area (Å²) in [5.74, 6) is -0.768. The van der Waals surface area contributed by atoms with Gasteiger partial charge in [0.1, 0.15) is 0 Å². The second kappa shape index (κ2) is 12.0. The van der Waals surface area contributed by atoms with Gasteiger partial charge in [-0.15, -0.1) is 0 Å². The van der Waals surface area contributed by atoms with E-state index in [4.69, 9.17) is 9.22 Å². The highest BCUT2D eigenvalue weighted by molar-refractivity contribution is 5.66. The maximum atomic E-state index is 10.3. The number of carboxylic acid groups (broad SMARTS) is 1. The zero-order chi connectivity index (χ0) is 14.7. The first-order chi connectivity index (χ1) is 8.87. The fourth-order valence-corrected chi connectivity index (χ4v) is 1.13. The molecule has 0 bridgehead atoms. The molecular formula is C14H24O2. The van der Waals surface area contributed by atoms with Gasteiger partial charge in [-0.3, -0.25) is 4.79 Å². The van der Waals surface area contributed by atoms with Gasteiger partial charge < -0.3 is 5.11 Å². The van der Waals surface area contributed by atoms with Crippen LogP contribution in [0.25, 0.3) is 0 Å². The molecule has 0 aromatic heterocycles. The number of unbranched alkanes of at least 4 members (excludes halogenated alkanes) is 1. The first kappa shape index (κ1) is 10.1. The monoisotopic (exact) mass is 227 g/mol. The molecule has 92 valence electrons. The van der Waals surface area contributed by atoms with E-state index in [2.05, 4.69) is 0 Å². The van der Waals surface area contributed by atoms with Gasteiger partial charge in [0.15, 0.2) is 0 Å². The van der Waals surface area contributed by atoms with Crippen LogP contribution in [0.3, 0.4) is 0 Å². The Labute approximate surface area is 103 Å². The minimum absolute atomic E-state index is 0.196. The van der Waals surface area contributed by atoms with Crippen molar-refractivity contribution in [2.75, 3.05) is 0 Å². The van der Waals surface area contributed by atoms with Crippen LogP contribution in [0.15, 0.2) is 24.3 Å². The molecule has 2 nitrogen and oxygen atoms in total. The zero-order valence-electron chi connectivity index (χ0n) is 13.0. The van der Waals surface area contributed by atoms with Crippen molar-refractivity contribution in [3.05, 3.63) is 24.3 Å². The zero-order valence-corrected chi connectivity index (χ0v) is 9.98. The molecule has 0 aromatic carbocycles. The molecule has 0 spiro atoms. The summed E-state index contributed by atoms with van der Waals surface area (Å²) in [6.45, 7) is 1.79. The van der Waals surface area contributed by atoms with E-state index in [9.17, 15) is 4.79 Å². The predicted octanol–water partition coefficient (Wildman–Crippen LogP) is 4.32. The summed E-state index contributed by atoms with van der Waals surface area (Å²) in [4.78, 5) is 10.3. The van der Waals surface area contributed by atoms with Gasteiger partial charge in [-0.1, -0.05) is 44.0 Å². The van der Waals surface area contributed by atoms with Crippen LogP contribution in [0.5, 0.6) is 0 Å². The second-order valence-electron chi connectivity index (χ2n) is 3.46. The Morgan fingerprint density at radius 3 is 2.69 bits per heavy atom. The molecule has 1 atom stereocenters. The molecule has 1 N–H and O–H groups in total. The number of hydrogen-bond acceptors (Lipinski definition) is 1. The molecule has 0 aliphatic rings. The van der Waals surface area contributed by atoms with E-state index < -0.39 is 18.7 Å². The number of rotatable bonds is 10. The summed E-state index contributed by atoms with van der Waals surface area (Å²) in [6.07, 6.45) is 8.65. The molecule has 0 heterocycles. The molecule has 2 heteroatoms. The fourth-order valence-electron chi connectivity index (χ4n) is 1.13. The third-order valence-corrected chi connectivity index (χ3v) is 1.98. The lowest BCUT2D eigenvalue weighted by atomic mass is 10.2. The smallest absolute Gasteiger partial charge is 0.303 e. The molecule has 0 aliphatic heterocycles. The van der Waals surface area contributed by atoms with Gasteiger partial charge in [-0.05, 0) is 32.1 Å². The van der Waals surface area contributed by atoms with Gasteiger partial charge in [0.05, 0.1) is 0 Å². The van der Waals surface area contributed by atoms with Crippen molar-refractivity contribution in [3.63, 3.8) is 0 Å². The molecular weight excluding hydrogens is 200 g/mol. The van der Waals surface area contributed by atoms with Crippen molar-refractivity contribution in [1.29, 1.82) is 0 Å². The Morgan fingerprint density at radius 1 is 1.25 bits per heavy atom. The molecule has 0 fully saturated rings. The minimum atomic E-state index is -1.26. The standard InChI is InChI=1S/C14H24O2/c1-2-3-4-5-6-7-8-9-10-11-12-13-14(15)16/h6-7,9-10H,2-5,8,11-13H2,1H3,(H,15,16)/b7-6-,10-9-/i3D2,5D. The number of allylic oxidation sites excluding steroid dienone is 4. The van der Waals surface area contributed by atoms with Crippen molar-refractivity contribution < 1.29 is 14.0 Å². The summed E-state index contributed by atoms with van der Waals surface area (Å²) >= 11 is 0. The van der Waals surface area contributed by atoms with Crippen molar-refractivity contribution in [2.24, 2.45) is 0 Å². The van der Waals surface area contributed by atoms with E-state index in [1.54, 1.807) is 13.0 Å². The lowest BCUT2D eigenvalue weighted by molar-refractivity contribution is -0.137. The van der Waals surface area contributed by atoms with Gasteiger partial charge >= 0.3 is 5.97 Å². The molecule has 0 aliphatic carbocycles. The van der Waals surface area contributed by atoms with Crippen LogP contribution in [0, 0.1) is 0 Å². The average Bonchev–Trinajstić information content (AvgIpc) is 2.31. The lowest BCUT2D eigenvalue weighted by Crippen LogP contribution is -1.92. The van der Waals surface area contributed by atoms with Crippen LogP contribution in [-0.4, -0.2) is 11.1 Å². The first-order valence-corrected chi connectivity index (χ1v) is 5.83. The molecule has 0 radical (unpaired) electrons. The maximum absolute atomic E-state index is 10.3. The summed E-state index contributed by atoms with van der Waals surface area (Å²) in [6, 6.07) is 0. The van der Waals surface area contributed by atoms with E-state index in [0.717, 1.165) is 6.42 Å². The Balaban J connectivity index is 3.72. The molecule has 0 saturated heterocycles. The van der Waals surface area contributed by atoms with Crippen molar-refractivity contribution in [2.45, 2.75) is 58.2 Å². The van der Waals surface area contributed by atoms with E-state index >= 15 is 0 Å². The minimum Gasteiger partial charge on any atom is -0.481 e. The Kier molecular flexibility index (Phi) is 7.61. The largest absolute Gasteiger partial charge is 0.481 e. The topological polar surface area (TPSA) is 37.3 Å². The molecule has 0 aromatic rings. The summed E-state index contributed by atoms with van der Waals surface area (Å²) < 4.78 is 22.9.